The molecule has 0 saturated heterocycles. The number of aromatic carboxylic acids is 1. The fourth-order valence-corrected chi connectivity index (χ4v) is 5.22. The standard InChI is InChI=1S/C28H31N3O4/c1-19-25-23-13-8-12-21-22(14-9-17-35-20-10-4-3-5-11-20)27(28(32)33)31(26(21)23)15-6-7-16-34-18-24(25)30(2)29-19/h3-5,8,10-13H,6-7,9,14-18H2,1-2H3,(H,32,33). The highest BCUT2D eigenvalue weighted by Gasteiger charge is 2.26. The maximum Gasteiger partial charge on any atom is 0.352 e. The minimum Gasteiger partial charge on any atom is -0.494 e. The summed E-state index contributed by atoms with van der Waals surface area (Å²) in [5.74, 6) is -0.0627. The molecule has 7 nitrogen and oxygen atoms in total. The lowest BCUT2D eigenvalue weighted by molar-refractivity contribution is 0.0683. The fourth-order valence-electron chi connectivity index (χ4n) is 5.22. The first-order valence-electron chi connectivity index (χ1n) is 12.2. The molecule has 35 heavy (non-hydrogen) atoms. The quantitative estimate of drug-likeness (QED) is 0.381. The van der Waals surface area contributed by atoms with Crippen LogP contribution in [0.15, 0.2) is 48.5 Å². The number of nitrogens with zero attached hydrogens (tertiary/aromatic N) is 3. The van der Waals surface area contributed by atoms with E-state index in [9.17, 15) is 9.90 Å². The number of ether oxygens (including phenoxy) is 2. The molecule has 7 heteroatoms. The van der Waals surface area contributed by atoms with Gasteiger partial charge in [0.2, 0.25) is 0 Å². The average Bonchev–Trinajstić information content (AvgIpc) is 3.31. The van der Waals surface area contributed by atoms with Crippen molar-refractivity contribution in [1.29, 1.82) is 0 Å². The van der Waals surface area contributed by atoms with Crippen LogP contribution in [0.4, 0.5) is 0 Å². The number of benzene rings is 2. The Labute approximate surface area is 204 Å². The largest absolute Gasteiger partial charge is 0.494 e. The summed E-state index contributed by atoms with van der Waals surface area (Å²) in [4.78, 5) is 12.6. The molecule has 1 N–H and O–H groups in total. The van der Waals surface area contributed by atoms with Gasteiger partial charge in [-0.2, -0.15) is 5.10 Å². The number of aromatic nitrogens is 3. The Bertz CT molecular complexity index is 1350. The molecule has 0 aliphatic carbocycles. The van der Waals surface area contributed by atoms with E-state index in [0.717, 1.165) is 64.0 Å². The molecule has 0 saturated carbocycles. The lowest BCUT2D eigenvalue weighted by Crippen LogP contribution is -2.12. The smallest absolute Gasteiger partial charge is 0.352 e. The highest BCUT2D eigenvalue weighted by molar-refractivity contribution is 6.04. The summed E-state index contributed by atoms with van der Waals surface area (Å²) in [6.07, 6.45) is 3.07. The normalized spacial score (nSPS) is 13.9. The van der Waals surface area contributed by atoms with Gasteiger partial charge in [-0.3, -0.25) is 4.68 Å². The Kier molecular flexibility index (Phi) is 6.59. The van der Waals surface area contributed by atoms with Crippen LogP contribution in [0.1, 0.15) is 46.7 Å². The first-order chi connectivity index (χ1) is 17.1. The predicted octanol–water partition coefficient (Wildman–Crippen LogP) is 5.37. The van der Waals surface area contributed by atoms with Gasteiger partial charge in [0.25, 0.3) is 0 Å². The summed E-state index contributed by atoms with van der Waals surface area (Å²) in [5, 5.41) is 16.0. The number of aryl methyl sites for hydroxylation is 4. The van der Waals surface area contributed by atoms with E-state index in [1.165, 1.54) is 0 Å². The van der Waals surface area contributed by atoms with Gasteiger partial charge >= 0.3 is 5.97 Å². The second-order valence-corrected chi connectivity index (χ2v) is 9.04. The minimum atomic E-state index is -0.889. The molecule has 2 aromatic heterocycles. The van der Waals surface area contributed by atoms with Crippen molar-refractivity contribution in [3.8, 4) is 16.9 Å². The Morgan fingerprint density at radius 3 is 2.77 bits per heavy atom. The number of hydrogen-bond donors (Lipinski definition) is 1. The van der Waals surface area contributed by atoms with Crippen LogP contribution in [0.5, 0.6) is 5.75 Å². The molecule has 0 fully saturated rings. The van der Waals surface area contributed by atoms with E-state index in [-0.39, 0.29) is 0 Å². The molecule has 4 aromatic rings. The third kappa shape index (κ3) is 4.44. The van der Waals surface area contributed by atoms with Crippen LogP contribution in [-0.4, -0.2) is 38.6 Å². The Balaban J connectivity index is 1.61. The number of para-hydroxylation sites is 2. The molecule has 182 valence electrons. The van der Waals surface area contributed by atoms with Crippen LogP contribution >= 0.6 is 0 Å². The topological polar surface area (TPSA) is 78.5 Å². The van der Waals surface area contributed by atoms with Gasteiger partial charge in [-0.25, -0.2) is 4.79 Å². The lowest BCUT2D eigenvalue weighted by atomic mass is 9.98. The Hall–Kier alpha value is -3.58. The number of fused-ring (bicyclic) bond motifs is 2. The van der Waals surface area contributed by atoms with Gasteiger partial charge in [0.05, 0.1) is 30.1 Å². The molecule has 1 aliphatic heterocycles. The highest BCUT2D eigenvalue weighted by atomic mass is 16.5. The third-order valence-electron chi connectivity index (χ3n) is 6.74. The van der Waals surface area contributed by atoms with Crippen LogP contribution in [0.3, 0.4) is 0 Å². The van der Waals surface area contributed by atoms with Crippen LogP contribution < -0.4 is 4.74 Å². The highest BCUT2D eigenvalue weighted by Crippen LogP contribution is 2.38. The van der Waals surface area contributed by atoms with Crippen LogP contribution in [0.25, 0.3) is 22.0 Å². The molecule has 0 atom stereocenters. The molecule has 2 aromatic carbocycles. The van der Waals surface area contributed by atoms with E-state index in [0.29, 0.717) is 38.5 Å². The van der Waals surface area contributed by atoms with E-state index in [2.05, 4.69) is 17.2 Å². The number of carboxylic acids is 1. The molecule has 0 unspecified atom stereocenters. The number of hydrogen-bond acceptors (Lipinski definition) is 4. The van der Waals surface area contributed by atoms with Crippen molar-refractivity contribution < 1.29 is 19.4 Å². The van der Waals surface area contributed by atoms with Gasteiger partial charge in [0.15, 0.2) is 0 Å². The van der Waals surface area contributed by atoms with E-state index < -0.39 is 5.97 Å². The molecule has 0 spiro atoms. The van der Waals surface area contributed by atoms with Crippen molar-refractivity contribution in [2.75, 3.05) is 13.2 Å². The van der Waals surface area contributed by atoms with Crippen molar-refractivity contribution in [1.82, 2.24) is 14.3 Å². The minimum absolute atomic E-state index is 0.385. The van der Waals surface area contributed by atoms with Crippen LogP contribution in [0.2, 0.25) is 0 Å². The third-order valence-corrected chi connectivity index (χ3v) is 6.74. The summed E-state index contributed by atoms with van der Waals surface area (Å²) in [6, 6.07) is 15.9. The van der Waals surface area contributed by atoms with Crippen molar-refractivity contribution in [2.45, 2.75) is 45.8 Å². The molecule has 3 heterocycles. The summed E-state index contributed by atoms with van der Waals surface area (Å²) in [5.41, 5.74) is 6.22. The number of carboxylic acid groups (broad SMARTS) is 1. The number of rotatable bonds is 6. The average molecular weight is 474 g/mol. The number of carbonyl (C=O) groups is 1. The molecule has 0 radical (unpaired) electrons. The van der Waals surface area contributed by atoms with Gasteiger partial charge in [-0.1, -0.05) is 36.4 Å². The Morgan fingerprint density at radius 2 is 1.97 bits per heavy atom. The van der Waals surface area contributed by atoms with E-state index in [4.69, 9.17) is 9.47 Å². The van der Waals surface area contributed by atoms with Crippen LogP contribution in [0, 0.1) is 6.92 Å². The zero-order valence-corrected chi connectivity index (χ0v) is 20.3. The van der Waals surface area contributed by atoms with Crippen molar-refractivity contribution >= 4 is 16.9 Å². The van der Waals surface area contributed by atoms with Crippen molar-refractivity contribution in [2.24, 2.45) is 7.05 Å². The summed E-state index contributed by atoms with van der Waals surface area (Å²) < 4.78 is 15.7. The molecule has 0 amide bonds. The zero-order chi connectivity index (χ0) is 24.4. The predicted molar refractivity (Wildman–Crippen MR) is 135 cm³/mol. The molecule has 1 aliphatic rings. The van der Waals surface area contributed by atoms with Gasteiger partial charge in [-0.15, -0.1) is 0 Å². The molecular weight excluding hydrogens is 442 g/mol. The maximum absolute atomic E-state index is 12.6. The van der Waals surface area contributed by atoms with Gasteiger partial charge in [0, 0.05) is 36.7 Å². The zero-order valence-electron chi connectivity index (χ0n) is 20.3. The Morgan fingerprint density at radius 1 is 1.14 bits per heavy atom. The fraction of sp³-hybridized carbons (Fsp3) is 0.357. The summed E-state index contributed by atoms with van der Waals surface area (Å²) in [7, 11) is 1.94. The van der Waals surface area contributed by atoms with E-state index >= 15 is 0 Å². The maximum atomic E-state index is 12.6. The monoisotopic (exact) mass is 473 g/mol. The first kappa shape index (κ1) is 23.2. The van der Waals surface area contributed by atoms with Gasteiger partial charge in [0.1, 0.15) is 11.4 Å². The second-order valence-electron chi connectivity index (χ2n) is 9.04. The lowest BCUT2D eigenvalue weighted by Gasteiger charge is -2.12. The van der Waals surface area contributed by atoms with Gasteiger partial charge in [-0.05, 0) is 50.3 Å². The molecule has 5 rings (SSSR count). The van der Waals surface area contributed by atoms with Gasteiger partial charge < -0.3 is 19.1 Å². The summed E-state index contributed by atoms with van der Waals surface area (Å²) in [6.45, 7) is 4.28. The summed E-state index contributed by atoms with van der Waals surface area (Å²) >= 11 is 0. The SMILES string of the molecule is Cc1nn(C)c2c1-c1cccc3c(CCCOc4ccccc4)c(C(=O)O)n(c13)CCCCOC2. The van der Waals surface area contributed by atoms with E-state index in [1.54, 1.807) is 0 Å². The first-order valence-corrected chi connectivity index (χ1v) is 12.2. The van der Waals surface area contributed by atoms with E-state index in [1.807, 2.05) is 59.6 Å². The molecular formula is C28H31N3O4. The molecule has 0 bridgehead atoms. The van der Waals surface area contributed by atoms with Crippen LogP contribution in [-0.2, 0) is 31.4 Å². The second kappa shape index (κ2) is 9.96. The van der Waals surface area contributed by atoms with Crippen molar-refractivity contribution in [3.63, 3.8) is 0 Å². The van der Waals surface area contributed by atoms with Crippen molar-refractivity contribution in [3.05, 3.63) is 71.2 Å².